The van der Waals surface area contributed by atoms with Crippen LogP contribution in [-0.4, -0.2) is 29.7 Å². The van der Waals surface area contributed by atoms with E-state index in [0.29, 0.717) is 30.1 Å². The fourth-order valence-corrected chi connectivity index (χ4v) is 1.62. The van der Waals surface area contributed by atoms with E-state index in [4.69, 9.17) is 9.47 Å². The van der Waals surface area contributed by atoms with E-state index in [9.17, 15) is 4.79 Å². The number of aromatic amines is 1. The molecule has 0 radical (unpaired) electrons. The van der Waals surface area contributed by atoms with Crippen LogP contribution in [0.25, 0.3) is 11.0 Å². The standard InChI is InChI=1S/C12H14N2O3/c1-3-17-7-10-13-9-6-4-5-8(11(9)14-10)12(15)16-2/h4-6H,3,7H2,1-2H3,(H,13,14). The number of hydrogen-bond acceptors (Lipinski definition) is 4. The van der Waals surface area contributed by atoms with Crippen LogP contribution in [0.1, 0.15) is 23.1 Å². The number of rotatable bonds is 4. The van der Waals surface area contributed by atoms with Crippen molar-refractivity contribution in [2.24, 2.45) is 0 Å². The normalized spacial score (nSPS) is 10.7. The van der Waals surface area contributed by atoms with Gasteiger partial charge in [0, 0.05) is 6.61 Å². The molecular formula is C12H14N2O3. The Labute approximate surface area is 98.8 Å². The van der Waals surface area contributed by atoms with Crippen LogP contribution >= 0.6 is 0 Å². The number of methoxy groups -OCH3 is 1. The van der Waals surface area contributed by atoms with Gasteiger partial charge in [-0.15, -0.1) is 0 Å². The maximum Gasteiger partial charge on any atom is 0.340 e. The summed E-state index contributed by atoms with van der Waals surface area (Å²) in [6, 6.07) is 5.35. The number of imidazole rings is 1. The van der Waals surface area contributed by atoms with Gasteiger partial charge in [-0.05, 0) is 19.1 Å². The second-order valence-electron chi connectivity index (χ2n) is 3.51. The van der Waals surface area contributed by atoms with Crippen LogP contribution in [0.4, 0.5) is 0 Å². The van der Waals surface area contributed by atoms with E-state index in [1.165, 1.54) is 7.11 Å². The van der Waals surface area contributed by atoms with E-state index in [1.54, 1.807) is 12.1 Å². The molecule has 5 nitrogen and oxygen atoms in total. The number of hydrogen-bond donors (Lipinski definition) is 1. The Balaban J connectivity index is 2.42. The average Bonchev–Trinajstić information content (AvgIpc) is 2.77. The van der Waals surface area contributed by atoms with Crippen LogP contribution in [0, 0.1) is 0 Å². The molecule has 0 aliphatic carbocycles. The summed E-state index contributed by atoms with van der Waals surface area (Å²) in [7, 11) is 1.36. The number of carbonyl (C=O) groups excluding carboxylic acids is 1. The zero-order valence-electron chi connectivity index (χ0n) is 9.82. The van der Waals surface area contributed by atoms with Crippen LogP contribution in [-0.2, 0) is 16.1 Å². The van der Waals surface area contributed by atoms with Crippen molar-refractivity contribution >= 4 is 17.0 Å². The van der Waals surface area contributed by atoms with Gasteiger partial charge in [-0.2, -0.15) is 0 Å². The molecule has 1 heterocycles. The summed E-state index contributed by atoms with van der Waals surface area (Å²) in [6.45, 7) is 2.95. The predicted octanol–water partition coefficient (Wildman–Crippen LogP) is 1.89. The van der Waals surface area contributed by atoms with Gasteiger partial charge >= 0.3 is 5.97 Å². The Morgan fingerprint density at radius 2 is 2.29 bits per heavy atom. The molecule has 0 atom stereocenters. The van der Waals surface area contributed by atoms with E-state index < -0.39 is 0 Å². The average molecular weight is 234 g/mol. The molecule has 0 bridgehead atoms. The lowest BCUT2D eigenvalue weighted by Gasteiger charge is -1.98. The third-order valence-corrected chi connectivity index (χ3v) is 2.41. The first kappa shape index (κ1) is 11.6. The smallest absolute Gasteiger partial charge is 0.340 e. The van der Waals surface area contributed by atoms with Crippen molar-refractivity contribution in [2.75, 3.05) is 13.7 Å². The number of nitrogens with one attached hydrogen (secondary N) is 1. The van der Waals surface area contributed by atoms with Crippen molar-refractivity contribution in [3.05, 3.63) is 29.6 Å². The number of fused-ring (bicyclic) bond motifs is 1. The number of carbonyl (C=O) groups is 1. The molecule has 0 saturated carbocycles. The monoisotopic (exact) mass is 234 g/mol. The minimum Gasteiger partial charge on any atom is -0.465 e. The highest BCUT2D eigenvalue weighted by molar-refractivity contribution is 6.01. The van der Waals surface area contributed by atoms with Crippen LogP contribution in [0.2, 0.25) is 0 Å². The number of benzene rings is 1. The molecule has 0 spiro atoms. The van der Waals surface area contributed by atoms with Crippen LogP contribution in [0.5, 0.6) is 0 Å². The van der Waals surface area contributed by atoms with Gasteiger partial charge in [0.15, 0.2) is 0 Å². The molecule has 5 heteroatoms. The van der Waals surface area contributed by atoms with Crippen molar-refractivity contribution < 1.29 is 14.3 Å². The van der Waals surface area contributed by atoms with Crippen molar-refractivity contribution in [2.45, 2.75) is 13.5 Å². The summed E-state index contributed by atoms with van der Waals surface area (Å²) in [5, 5.41) is 0. The molecule has 1 N–H and O–H groups in total. The van der Waals surface area contributed by atoms with Crippen molar-refractivity contribution in [1.29, 1.82) is 0 Å². The summed E-state index contributed by atoms with van der Waals surface area (Å²) < 4.78 is 9.98. The zero-order chi connectivity index (χ0) is 12.3. The van der Waals surface area contributed by atoms with Crippen LogP contribution in [0.3, 0.4) is 0 Å². The molecule has 1 aromatic heterocycles. The summed E-state index contributed by atoms with van der Waals surface area (Å²) >= 11 is 0. The topological polar surface area (TPSA) is 64.2 Å². The third kappa shape index (κ3) is 2.29. The zero-order valence-corrected chi connectivity index (χ0v) is 9.82. The van der Waals surface area contributed by atoms with Crippen molar-refractivity contribution in [1.82, 2.24) is 9.97 Å². The molecule has 17 heavy (non-hydrogen) atoms. The second kappa shape index (κ2) is 4.97. The van der Waals surface area contributed by atoms with Gasteiger partial charge in [0.1, 0.15) is 17.9 Å². The molecule has 0 fully saturated rings. The molecule has 0 aliphatic rings. The first-order chi connectivity index (χ1) is 8.26. The first-order valence-corrected chi connectivity index (χ1v) is 5.40. The Morgan fingerprint density at radius 1 is 1.47 bits per heavy atom. The van der Waals surface area contributed by atoms with E-state index in [-0.39, 0.29) is 5.97 Å². The molecule has 0 saturated heterocycles. The summed E-state index contributed by atoms with van der Waals surface area (Å²) in [4.78, 5) is 19.0. The number of aromatic nitrogens is 2. The molecule has 2 aromatic rings. The fourth-order valence-electron chi connectivity index (χ4n) is 1.62. The molecule has 1 aromatic carbocycles. The van der Waals surface area contributed by atoms with Gasteiger partial charge in [0.2, 0.25) is 0 Å². The van der Waals surface area contributed by atoms with Gasteiger partial charge in [0.25, 0.3) is 0 Å². The lowest BCUT2D eigenvalue weighted by molar-refractivity contribution is 0.0602. The van der Waals surface area contributed by atoms with E-state index >= 15 is 0 Å². The molecular weight excluding hydrogens is 220 g/mol. The quantitative estimate of drug-likeness (QED) is 0.820. The Morgan fingerprint density at radius 3 is 3.00 bits per heavy atom. The lowest BCUT2D eigenvalue weighted by Crippen LogP contribution is -2.01. The highest BCUT2D eigenvalue weighted by atomic mass is 16.5. The summed E-state index contributed by atoms with van der Waals surface area (Å²) in [5.41, 5.74) is 1.89. The first-order valence-electron chi connectivity index (χ1n) is 5.40. The van der Waals surface area contributed by atoms with Gasteiger partial charge < -0.3 is 14.5 Å². The summed E-state index contributed by atoms with van der Waals surface area (Å²) in [5.74, 6) is 0.322. The number of H-pyrrole nitrogens is 1. The number of esters is 1. The molecule has 0 unspecified atom stereocenters. The van der Waals surface area contributed by atoms with Gasteiger partial charge in [-0.3, -0.25) is 0 Å². The molecule has 0 amide bonds. The Kier molecular flexibility index (Phi) is 3.39. The maximum absolute atomic E-state index is 11.5. The predicted molar refractivity (Wildman–Crippen MR) is 62.8 cm³/mol. The minimum atomic E-state index is -0.384. The number of nitrogens with zero attached hydrogens (tertiary/aromatic N) is 1. The molecule has 90 valence electrons. The SMILES string of the molecule is CCOCc1nc2c(C(=O)OC)cccc2[nH]1. The largest absolute Gasteiger partial charge is 0.465 e. The maximum atomic E-state index is 11.5. The number of ether oxygens (including phenoxy) is 2. The van der Waals surface area contributed by atoms with E-state index in [1.807, 2.05) is 13.0 Å². The van der Waals surface area contributed by atoms with Gasteiger partial charge in [-0.1, -0.05) is 6.07 Å². The number of para-hydroxylation sites is 1. The van der Waals surface area contributed by atoms with Gasteiger partial charge in [-0.25, -0.2) is 9.78 Å². The lowest BCUT2D eigenvalue weighted by atomic mass is 10.2. The Bertz CT molecular complexity index is 534. The summed E-state index contributed by atoms with van der Waals surface area (Å²) in [6.07, 6.45) is 0. The third-order valence-electron chi connectivity index (χ3n) is 2.41. The Hall–Kier alpha value is -1.88. The van der Waals surface area contributed by atoms with Crippen molar-refractivity contribution in [3.8, 4) is 0 Å². The molecule has 2 rings (SSSR count). The van der Waals surface area contributed by atoms with E-state index in [2.05, 4.69) is 9.97 Å². The van der Waals surface area contributed by atoms with E-state index in [0.717, 1.165) is 5.52 Å². The molecule has 0 aliphatic heterocycles. The van der Waals surface area contributed by atoms with Gasteiger partial charge in [0.05, 0.1) is 18.2 Å². The highest BCUT2D eigenvalue weighted by Gasteiger charge is 2.13. The van der Waals surface area contributed by atoms with Crippen molar-refractivity contribution in [3.63, 3.8) is 0 Å². The fraction of sp³-hybridized carbons (Fsp3) is 0.333. The van der Waals surface area contributed by atoms with Crippen LogP contribution < -0.4 is 0 Å². The second-order valence-corrected chi connectivity index (χ2v) is 3.51. The highest BCUT2D eigenvalue weighted by Crippen LogP contribution is 2.17. The van der Waals surface area contributed by atoms with Crippen LogP contribution in [0.15, 0.2) is 18.2 Å². The minimum absolute atomic E-state index is 0.384.